The highest BCUT2D eigenvalue weighted by Crippen LogP contribution is 2.30. The lowest BCUT2D eigenvalue weighted by Gasteiger charge is -2.35. The Balaban J connectivity index is 1.42. The summed E-state index contributed by atoms with van der Waals surface area (Å²) in [5.74, 6) is -2.33. The van der Waals surface area contributed by atoms with Gasteiger partial charge in [0.25, 0.3) is 5.91 Å². The molecule has 3 atom stereocenters. The maximum absolute atomic E-state index is 14.2. The van der Waals surface area contributed by atoms with Crippen LogP contribution in [0, 0.1) is 18.6 Å². The normalized spacial score (nSPS) is 25.2. The van der Waals surface area contributed by atoms with Gasteiger partial charge in [0.05, 0.1) is 12.7 Å². The van der Waals surface area contributed by atoms with Crippen LogP contribution in [0.25, 0.3) is 0 Å². The number of halogens is 2. The third-order valence-corrected chi connectivity index (χ3v) is 5.44. The number of nitrogens with zero attached hydrogens (tertiary/aromatic N) is 1. The summed E-state index contributed by atoms with van der Waals surface area (Å²) >= 11 is 0. The van der Waals surface area contributed by atoms with Gasteiger partial charge in [-0.2, -0.15) is 0 Å². The number of aryl methyl sites for hydroxylation is 1. The van der Waals surface area contributed by atoms with E-state index in [2.05, 4.69) is 10.2 Å². The van der Waals surface area contributed by atoms with Gasteiger partial charge in [0.1, 0.15) is 17.2 Å². The van der Waals surface area contributed by atoms with Crippen molar-refractivity contribution in [1.29, 1.82) is 0 Å². The first-order chi connectivity index (χ1) is 13.0. The molecule has 2 saturated heterocycles. The highest BCUT2D eigenvalue weighted by atomic mass is 19.1. The van der Waals surface area contributed by atoms with Crippen molar-refractivity contribution in [2.45, 2.75) is 31.5 Å². The molecule has 2 aromatic rings. The zero-order valence-electron chi connectivity index (χ0n) is 15.1. The van der Waals surface area contributed by atoms with E-state index in [0.717, 1.165) is 18.2 Å². The van der Waals surface area contributed by atoms with Gasteiger partial charge in [-0.3, -0.25) is 9.69 Å². The van der Waals surface area contributed by atoms with Gasteiger partial charge in [0.2, 0.25) is 0 Å². The van der Waals surface area contributed by atoms with E-state index >= 15 is 0 Å². The zero-order chi connectivity index (χ0) is 19.0. The highest BCUT2D eigenvalue weighted by molar-refractivity contribution is 5.95. The molecule has 1 amide bonds. The van der Waals surface area contributed by atoms with E-state index in [1.807, 2.05) is 30.3 Å². The van der Waals surface area contributed by atoms with Gasteiger partial charge in [-0.05, 0) is 30.5 Å². The minimum Gasteiger partial charge on any atom is -0.371 e. The molecule has 1 N–H and O–H groups in total. The minimum atomic E-state index is -0.834. The second-order valence-electron chi connectivity index (χ2n) is 7.30. The summed E-state index contributed by atoms with van der Waals surface area (Å²) < 4.78 is 34.1. The van der Waals surface area contributed by atoms with Gasteiger partial charge in [-0.15, -0.1) is 0 Å². The Morgan fingerprint density at radius 1 is 1.15 bits per heavy atom. The van der Waals surface area contributed by atoms with Crippen molar-refractivity contribution < 1.29 is 18.3 Å². The van der Waals surface area contributed by atoms with Crippen molar-refractivity contribution in [3.63, 3.8) is 0 Å². The van der Waals surface area contributed by atoms with Crippen LogP contribution < -0.4 is 5.32 Å². The topological polar surface area (TPSA) is 41.6 Å². The van der Waals surface area contributed by atoms with Gasteiger partial charge < -0.3 is 10.1 Å². The van der Waals surface area contributed by atoms with Crippen LogP contribution in [0.1, 0.15) is 34.0 Å². The number of benzene rings is 2. The second kappa shape index (κ2) is 7.37. The van der Waals surface area contributed by atoms with Gasteiger partial charge in [0.15, 0.2) is 0 Å². The molecule has 2 aliphatic heterocycles. The number of hydrogen-bond acceptors (Lipinski definition) is 3. The van der Waals surface area contributed by atoms with Crippen LogP contribution in [0.3, 0.4) is 0 Å². The Morgan fingerprint density at radius 3 is 2.70 bits per heavy atom. The van der Waals surface area contributed by atoms with Gasteiger partial charge in [-0.1, -0.05) is 36.4 Å². The molecular formula is C21H22F2N2O2. The molecule has 6 heteroatoms. The minimum absolute atomic E-state index is 0.00330. The van der Waals surface area contributed by atoms with Crippen LogP contribution in [0.15, 0.2) is 42.5 Å². The molecule has 2 aliphatic rings. The Morgan fingerprint density at radius 2 is 1.93 bits per heavy atom. The molecule has 4 nitrogen and oxygen atoms in total. The van der Waals surface area contributed by atoms with E-state index in [4.69, 9.17) is 4.74 Å². The van der Waals surface area contributed by atoms with Crippen LogP contribution in [-0.2, 0) is 4.74 Å². The number of nitrogens with one attached hydrogen (secondary N) is 1. The van der Waals surface area contributed by atoms with Crippen LogP contribution >= 0.6 is 0 Å². The summed E-state index contributed by atoms with van der Waals surface area (Å²) in [7, 11) is 0. The smallest absolute Gasteiger partial charge is 0.257 e. The Labute approximate surface area is 157 Å². The van der Waals surface area contributed by atoms with Crippen molar-refractivity contribution in [3.8, 4) is 0 Å². The number of amides is 1. The van der Waals surface area contributed by atoms with Crippen molar-refractivity contribution >= 4 is 5.91 Å². The van der Waals surface area contributed by atoms with Gasteiger partial charge in [-0.25, -0.2) is 8.78 Å². The maximum atomic E-state index is 14.2. The molecule has 2 fully saturated rings. The molecule has 0 bridgehead atoms. The van der Waals surface area contributed by atoms with Gasteiger partial charge in [0, 0.05) is 25.2 Å². The number of fused-ring (bicyclic) bond motifs is 1. The Bertz CT molecular complexity index is 844. The lowest BCUT2D eigenvalue weighted by Crippen LogP contribution is -2.43. The fraction of sp³-hybridized carbons (Fsp3) is 0.381. The Hall–Kier alpha value is -2.31. The largest absolute Gasteiger partial charge is 0.371 e. The summed E-state index contributed by atoms with van der Waals surface area (Å²) in [5, 5.41) is 2.80. The first-order valence-electron chi connectivity index (χ1n) is 9.19. The molecule has 0 radical (unpaired) electrons. The zero-order valence-corrected chi connectivity index (χ0v) is 15.1. The monoisotopic (exact) mass is 372 g/mol. The average Bonchev–Trinajstić information content (AvgIpc) is 3.07. The predicted octanol–water partition coefficient (Wildman–Crippen LogP) is 3.22. The lowest BCUT2D eigenvalue weighted by molar-refractivity contribution is -0.0502. The fourth-order valence-corrected chi connectivity index (χ4v) is 3.97. The van der Waals surface area contributed by atoms with Crippen molar-refractivity contribution in [2.24, 2.45) is 0 Å². The molecule has 27 heavy (non-hydrogen) atoms. The molecule has 0 unspecified atom stereocenters. The van der Waals surface area contributed by atoms with E-state index in [9.17, 15) is 13.6 Å². The number of carbonyl (C=O) groups excluding carboxylic acids is 1. The molecule has 2 aromatic carbocycles. The van der Waals surface area contributed by atoms with Crippen LogP contribution in [0.5, 0.6) is 0 Å². The second-order valence-corrected chi connectivity index (χ2v) is 7.30. The summed E-state index contributed by atoms with van der Waals surface area (Å²) in [6.45, 7) is 3.49. The molecule has 0 saturated carbocycles. The number of ether oxygens (including phenoxy) is 1. The molecule has 0 spiro atoms. The van der Waals surface area contributed by atoms with Crippen LogP contribution in [0.2, 0.25) is 0 Å². The van der Waals surface area contributed by atoms with E-state index in [1.54, 1.807) is 0 Å². The average molecular weight is 372 g/mol. The van der Waals surface area contributed by atoms with Crippen molar-refractivity contribution in [2.75, 3.05) is 19.7 Å². The standard InChI is InChI=1S/C21H22F2N2O2/c1-13-7-8-17(22)19(20(13)23)21(26)24-15-9-16-12-27-18(11-25(16)10-15)14-5-3-2-4-6-14/h2-8,15-16,18H,9-12H2,1H3,(H,24,26)/t15-,16+,18-/m1/s1. The fourth-order valence-electron chi connectivity index (χ4n) is 3.97. The number of rotatable bonds is 3. The molecule has 142 valence electrons. The summed E-state index contributed by atoms with van der Waals surface area (Å²) in [6, 6.07) is 12.6. The highest BCUT2D eigenvalue weighted by Gasteiger charge is 2.38. The Kier molecular flexibility index (Phi) is 4.93. The summed E-state index contributed by atoms with van der Waals surface area (Å²) in [6.07, 6.45) is 0.714. The number of morpholine rings is 1. The van der Waals surface area contributed by atoms with Crippen LogP contribution in [0.4, 0.5) is 8.78 Å². The number of carbonyl (C=O) groups is 1. The molecule has 0 aromatic heterocycles. The van der Waals surface area contributed by atoms with Crippen molar-refractivity contribution in [1.82, 2.24) is 10.2 Å². The number of hydrogen-bond donors (Lipinski definition) is 1. The molecule has 0 aliphatic carbocycles. The summed E-state index contributed by atoms with van der Waals surface area (Å²) in [5.41, 5.74) is 0.884. The molecule has 4 rings (SSSR count). The van der Waals surface area contributed by atoms with Crippen molar-refractivity contribution in [3.05, 3.63) is 70.8 Å². The SMILES string of the molecule is Cc1ccc(F)c(C(=O)N[C@@H]2C[C@H]3CO[C@@H](c4ccccc4)CN3C2)c1F. The summed E-state index contributed by atoms with van der Waals surface area (Å²) in [4.78, 5) is 14.7. The quantitative estimate of drug-likeness (QED) is 0.900. The predicted molar refractivity (Wildman–Crippen MR) is 97.5 cm³/mol. The van der Waals surface area contributed by atoms with E-state index in [0.29, 0.717) is 19.6 Å². The van der Waals surface area contributed by atoms with Crippen LogP contribution in [-0.4, -0.2) is 42.6 Å². The first kappa shape index (κ1) is 18.1. The third-order valence-electron chi connectivity index (χ3n) is 5.44. The van der Waals surface area contributed by atoms with E-state index in [-0.39, 0.29) is 23.8 Å². The third kappa shape index (κ3) is 3.59. The first-order valence-corrected chi connectivity index (χ1v) is 9.19. The lowest BCUT2D eigenvalue weighted by atomic mass is 10.1. The maximum Gasteiger partial charge on any atom is 0.257 e. The van der Waals surface area contributed by atoms with E-state index in [1.165, 1.54) is 13.0 Å². The van der Waals surface area contributed by atoms with Gasteiger partial charge >= 0.3 is 0 Å². The molecular weight excluding hydrogens is 350 g/mol. The van der Waals surface area contributed by atoms with E-state index < -0.39 is 23.1 Å². The molecule has 2 heterocycles.